The molecule has 22 heavy (non-hydrogen) atoms. The molecule has 2 saturated heterocycles. The molecule has 0 spiro atoms. The molecule has 2 aliphatic rings. The molecule has 3 rings (SSSR count). The molecule has 1 aromatic rings. The first-order chi connectivity index (χ1) is 10.3. The molecule has 0 bridgehead atoms. The molecule has 0 saturated carbocycles. The van der Waals surface area contributed by atoms with E-state index in [1.54, 1.807) is 6.20 Å². The largest absolute Gasteiger partial charge is 0.322 e. The quantitative estimate of drug-likeness (QED) is 0.860. The number of nitrogens with one attached hydrogen (secondary N) is 2. The second kappa shape index (κ2) is 8.50. The molecule has 2 N–H and O–H groups in total. The van der Waals surface area contributed by atoms with E-state index in [-0.39, 0.29) is 24.4 Å². The zero-order chi connectivity index (χ0) is 14.5. The van der Waals surface area contributed by atoms with Crippen LogP contribution in [0.25, 0.3) is 0 Å². The summed E-state index contributed by atoms with van der Waals surface area (Å²) < 4.78 is 1.92. The molecular formula is C15H26ClN5O. The normalized spacial score (nSPS) is 22.3. The van der Waals surface area contributed by atoms with Crippen molar-refractivity contribution in [3.63, 3.8) is 0 Å². The van der Waals surface area contributed by atoms with Gasteiger partial charge >= 0.3 is 0 Å². The highest BCUT2D eigenvalue weighted by Gasteiger charge is 2.22. The summed E-state index contributed by atoms with van der Waals surface area (Å²) in [7, 11) is 0. The first-order valence-electron chi connectivity index (χ1n) is 8.10. The number of piperidine rings is 1. The smallest absolute Gasteiger partial charge is 0.241 e. The lowest BCUT2D eigenvalue weighted by molar-refractivity contribution is -0.117. The summed E-state index contributed by atoms with van der Waals surface area (Å²) in [5.41, 5.74) is 0.798. The van der Waals surface area contributed by atoms with E-state index in [1.807, 2.05) is 10.9 Å². The first-order valence-corrected chi connectivity index (χ1v) is 8.10. The number of halogens is 1. The van der Waals surface area contributed by atoms with Crippen LogP contribution in [0.2, 0.25) is 0 Å². The maximum absolute atomic E-state index is 12.0. The van der Waals surface area contributed by atoms with E-state index in [4.69, 9.17) is 0 Å². The molecule has 2 aliphatic heterocycles. The van der Waals surface area contributed by atoms with Crippen LogP contribution in [0.3, 0.4) is 0 Å². The fourth-order valence-corrected chi connectivity index (χ4v) is 3.12. The van der Waals surface area contributed by atoms with Crippen molar-refractivity contribution in [3.8, 4) is 0 Å². The van der Waals surface area contributed by atoms with E-state index in [0.29, 0.717) is 0 Å². The van der Waals surface area contributed by atoms with E-state index in [0.717, 1.165) is 38.2 Å². The molecule has 0 radical (unpaired) electrons. The second-order valence-corrected chi connectivity index (χ2v) is 6.03. The Labute approximate surface area is 138 Å². The Morgan fingerprint density at radius 3 is 2.82 bits per heavy atom. The van der Waals surface area contributed by atoms with Gasteiger partial charge in [-0.1, -0.05) is 6.42 Å². The van der Waals surface area contributed by atoms with E-state index in [1.165, 1.54) is 32.4 Å². The lowest BCUT2D eigenvalue weighted by atomic mass is 10.1. The lowest BCUT2D eigenvalue weighted by Crippen LogP contribution is -2.35. The van der Waals surface area contributed by atoms with Crippen LogP contribution < -0.4 is 10.6 Å². The number of carbonyl (C=O) groups excluding carboxylic acids is 1. The van der Waals surface area contributed by atoms with Gasteiger partial charge in [0.1, 0.15) is 0 Å². The number of aromatic nitrogens is 2. The van der Waals surface area contributed by atoms with Gasteiger partial charge in [0.05, 0.1) is 24.5 Å². The number of hydrogen-bond acceptors (Lipinski definition) is 4. The highest BCUT2D eigenvalue weighted by molar-refractivity contribution is 5.94. The molecule has 1 aromatic heterocycles. The summed E-state index contributed by atoms with van der Waals surface area (Å²) in [6.07, 6.45) is 9.66. The Morgan fingerprint density at radius 1 is 1.27 bits per heavy atom. The SMILES string of the molecule is Cl.O=C(Nc1cnn(CCN2CCCCC2)c1)C1CCCN1. The van der Waals surface area contributed by atoms with Gasteiger partial charge in [0, 0.05) is 12.7 Å². The minimum absolute atomic E-state index is 0. The van der Waals surface area contributed by atoms with Crippen molar-refractivity contribution in [2.24, 2.45) is 0 Å². The fraction of sp³-hybridized carbons (Fsp3) is 0.733. The Kier molecular flexibility index (Phi) is 6.67. The van der Waals surface area contributed by atoms with Crippen LogP contribution in [-0.2, 0) is 11.3 Å². The molecule has 0 aromatic carbocycles. The van der Waals surface area contributed by atoms with Gasteiger partial charge in [0.2, 0.25) is 5.91 Å². The van der Waals surface area contributed by atoms with Crippen molar-refractivity contribution in [2.45, 2.75) is 44.7 Å². The Hall–Kier alpha value is -1.11. The van der Waals surface area contributed by atoms with Crippen molar-refractivity contribution < 1.29 is 4.79 Å². The van der Waals surface area contributed by atoms with Crippen LogP contribution in [-0.4, -0.2) is 52.8 Å². The lowest BCUT2D eigenvalue weighted by Gasteiger charge is -2.26. The summed E-state index contributed by atoms with van der Waals surface area (Å²) in [6, 6.07) is -0.0401. The first kappa shape index (κ1) is 17.2. The Morgan fingerprint density at radius 2 is 2.09 bits per heavy atom. The summed E-state index contributed by atoms with van der Waals surface area (Å²) in [5.74, 6) is 0.0584. The number of amides is 1. The minimum atomic E-state index is -0.0401. The van der Waals surface area contributed by atoms with Crippen molar-refractivity contribution in [3.05, 3.63) is 12.4 Å². The average Bonchev–Trinajstić information content (AvgIpc) is 3.18. The summed E-state index contributed by atoms with van der Waals surface area (Å²) in [6.45, 7) is 5.28. The molecule has 1 unspecified atom stereocenters. The van der Waals surface area contributed by atoms with Crippen LogP contribution in [0.1, 0.15) is 32.1 Å². The molecule has 7 heteroatoms. The number of likely N-dealkylation sites (tertiary alicyclic amines) is 1. The summed E-state index contributed by atoms with van der Waals surface area (Å²) in [4.78, 5) is 14.5. The summed E-state index contributed by atoms with van der Waals surface area (Å²) in [5, 5.41) is 10.5. The predicted octanol–water partition coefficient (Wildman–Crippen LogP) is 1.48. The Balaban J connectivity index is 0.00000176. The molecule has 1 amide bonds. The van der Waals surface area contributed by atoms with Gasteiger partial charge in [-0.05, 0) is 45.3 Å². The van der Waals surface area contributed by atoms with Crippen LogP contribution in [0.15, 0.2) is 12.4 Å². The molecule has 2 fully saturated rings. The number of nitrogens with zero attached hydrogens (tertiary/aromatic N) is 3. The van der Waals surface area contributed by atoms with Crippen molar-refractivity contribution >= 4 is 24.0 Å². The molecule has 1 atom stereocenters. The van der Waals surface area contributed by atoms with Gasteiger partial charge in [-0.3, -0.25) is 9.48 Å². The minimum Gasteiger partial charge on any atom is -0.322 e. The van der Waals surface area contributed by atoms with Gasteiger partial charge in [-0.15, -0.1) is 12.4 Å². The number of hydrogen-bond donors (Lipinski definition) is 2. The van der Waals surface area contributed by atoms with E-state index >= 15 is 0 Å². The number of anilines is 1. The van der Waals surface area contributed by atoms with Crippen molar-refractivity contribution in [1.29, 1.82) is 0 Å². The van der Waals surface area contributed by atoms with Gasteiger partial charge in [-0.25, -0.2) is 0 Å². The molecule has 0 aliphatic carbocycles. The third-order valence-electron chi connectivity index (χ3n) is 4.37. The van der Waals surface area contributed by atoms with Crippen LogP contribution in [0, 0.1) is 0 Å². The molecule has 3 heterocycles. The maximum atomic E-state index is 12.0. The van der Waals surface area contributed by atoms with Gasteiger partial charge in [0.25, 0.3) is 0 Å². The van der Waals surface area contributed by atoms with Crippen molar-refractivity contribution in [2.75, 3.05) is 31.5 Å². The van der Waals surface area contributed by atoms with E-state index < -0.39 is 0 Å². The van der Waals surface area contributed by atoms with Crippen LogP contribution in [0.5, 0.6) is 0 Å². The summed E-state index contributed by atoms with van der Waals surface area (Å²) >= 11 is 0. The standard InChI is InChI=1S/C15H25N5O.ClH/c21-15(14-5-4-6-16-14)18-13-11-17-20(12-13)10-9-19-7-2-1-3-8-19;/h11-12,14,16H,1-10H2,(H,18,21);1H. The zero-order valence-corrected chi connectivity index (χ0v) is 13.8. The van der Waals surface area contributed by atoms with Crippen LogP contribution in [0.4, 0.5) is 5.69 Å². The van der Waals surface area contributed by atoms with Gasteiger partial charge in [0.15, 0.2) is 0 Å². The van der Waals surface area contributed by atoms with Crippen molar-refractivity contribution in [1.82, 2.24) is 20.0 Å². The molecule has 6 nitrogen and oxygen atoms in total. The molecular weight excluding hydrogens is 302 g/mol. The van der Waals surface area contributed by atoms with E-state index in [9.17, 15) is 4.79 Å². The number of rotatable bonds is 5. The maximum Gasteiger partial charge on any atom is 0.241 e. The van der Waals surface area contributed by atoms with Gasteiger partial charge in [-0.2, -0.15) is 5.10 Å². The fourth-order valence-electron chi connectivity index (χ4n) is 3.12. The topological polar surface area (TPSA) is 62.2 Å². The third kappa shape index (κ3) is 4.69. The highest BCUT2D eigenvalue weighted by Crippen LogP contribution is 2.11. The predicted molar refractivity (Wildman–Crippen MR) is 89.4 cm³/mol. The third-order valence-corrected chi connectivity index (χ3v) is 4.37. The second-order valence-electron chi connectivity index (χ2n) is 6.03. The number of carbonyl (C=O) groups is 1. The Bertz CT molecular complexity index is 466. The van der Waals surface area contributed by atoms with Gasteiger partial charge < -0.3 is 15.5 Å². The highest BCUT2D eigenvalue weighted by atomic mass is 35.5. The zero-order valence-electron chi connectivity index (χ0n) is 13.0. The molecule has 124 valence electrons. The van der Waals surface area contributed by atoms with Crippen LogP contribution >= 0.6 is 12.4 Å². The monoisotopic (exact) mass is 327 g/mol. The van der Waals surface area contributed by atoms with E-state index in [2.05, 4.69) is 20.6 Å². The average molecular weight is 328 g/mol.